The zero-order valence-electron chi connectivity index (χ0n) is 8.04. The summed E-state index contributed by atoms with van der Waals surface area (Å²) in [5.74, 6) is 0. The first-order chi connectivity index (χ1) is 6.34. The van der Waals surface area contributed by atoms with E-state index < -0.39 is 0 Å². The van der Waals surface area contributed by atoms with Crippen LogP contribution in [0.4, 0.5) is 0 Å². The average Bonchev–Trinajstić information content (AvgIpc) is 2.53. The highest BCUT2D eigenvalue weighted by molar-refractivity contribution is 5.13. The van der Waals surface area contributed by atoms with Gasteiger partial charge in [-0.2, -0.15) is 0 Å². The molecule has 2 aliphatic rings. The van der Waals surface area contributed by atoms with Crippen molar-refractivity contribution in [3.05, 3.63) is 11.6 Å². The van der Waals surface area contributed by atoms with Gasteiger partial charge in [-0.1, -0.05) is 11.6 Å². The summed E-state index contributed by atoms with van der Waals surface area (Å²) in [6.07, 6.45) is 4.47. The molecule has 0 aromatic carbocycles. The Balaban J connectivity index is 1.77. The van der Waals surface area contributed by atoms with E-state index in [2.05, 4.69) is 11.0 Å². The van der Waals surface area contributed by atoms with E-state index in [1.165, 1.54) is 5.57 Å². The second-order valence-corrected chi connectivity index (χ2v) is 3.95. The molecule has 1 aliphatic carbocycles. The Morgan fingerprint density at radius 2 is 2.23 bits per heavy atom. The second kappa shape index (κ2) is 4.22. The number of morpholine rings is 1. The molecule has 0 radical (unpaired) electrons. The third-order valence-corrected chi connectivity index (χ3v) is 2.76. The Kier molecular flexibility index (Phi) is 2.98. The van der Waals surface area contributed by atoms with Crippen LogP contribution in [0.25, 0.3) is 0 Å². The lowest BCUT2D eigenvalue weighted by Gasteiger charge is -2.27. The molecular formula is C10H18N2O. The summed E-state index contributed by atoms with van der Waals surface area (Å²) in [6.45, 7) is 5.04. The van der Waals surface area contributed by atoms with E-state index in [-0.39, 0.29) is 0 Å². The minimum atomic E-state index is 0.385. The van der Waals surface area contributed by atoms with E-state index in [1.54, 1.807) is 0 Å². The van der Waals surface area contributed by atoms with Crippen LogP contribution in [0.2, 0.25) is 0 Å². The molecule has 0 bridgehead atoms. The van der Waals surface area contributed by atoms with Crippen molar-refractivity contribution in [1.29, 1.82) is 0 Å². The maximum Gasteiger partial charge on any atom is 0.0594 e. The SMILES string of the molecule is NC1CC=C(CN2CCOCC2)C1. The standard InChI is InChI=1S/C10H18N2O/c11-10-2-1-9(7-10)8-12-3-5-13-6-4-12/h1,10H,2-8,11H2. The van der Waals surface area contributed by atoms with Crippen molar-refractivity contribution >= 4 is 0 Å². The third kappa shape index (κ3) is 2.53. The van der Waals surface area contributed by atoms with Gasteiger partial charge < -0.3 is 10.5 Å². The summed E-state index contributed by atoms with van der Waals surface area (Å²) < 4.78 is 5.30. The first-order valence-corrected chi connectivity index (χ1v) is 5.08. The monoisotopic (exact) mass is 182 g/mol. The largest absolute Gasteiger partial charge is 0.379 e. The van der Waals surface area contributed by atoms with Crippen molar-refractivity contribution in [3.63, 3.8) is 0 Å². The predicted molar refractivity (Wildman–Crippen MR) is 52.6 cm³/mol. The second-order valence-electron chi connectivity index (χ2n) is 3.95. The zero-order valence-corrected chi connectivity index (χ0v) is 8.04. The molecular weight excluding hydrogens is 164 g/mol. The molecule has 3 heteroatoms. The molecule has 1 aliphatic heterocycles. The smallest absolute Gasteiger partial charge is 0.0594 e. The summed E-state index contributed by atoms with van der Waals surface area (Å²) in [5, 5.41) is 0. The van der Waals surface area contributed by atoms with Gasteiger partial charge in [0, 0.05) is 25.7 Å². The van der Waals surface area contributed by atoms with Gasteiger partial charge >= 0.3 is 0 Å². The summed E-state index contributed by atoms with van der Waals surface area (Å²) in [6, 6.07) is 0.385. The van der Waals surface area contributed by atoms with Crippen LogP contribution in [0.1, 0.15) is 12.8 Å². The van der Waals surface area contributed by atoms with Gasteiger partial charge in [0.25, 0.3) is 0 Å². The Labute approximate surface area is 79.5 Å². The fraction of sp³-hybridized carbons (Fsp3) is 0.800. The van der Waals surface area contributed by atoms with Crippen LogP contribution in [-0.2, 0) is 4.74 Å². The van der Waals surface area contributed by atoms with E-state index in [0.29, 0.717) is 6.04 Å². The first-order valence-electron chi connectivity index (χ1n) is 5.08. The normalized spacial score (nSPS) is 30.5. The number of nitrogens with zero attached hydrogens (tertiary/aromatic N) is 1. The third-order valence-electron chi connectivity index (χ3n) is 2.76. The molecule has 13 heavy (non-hydrogen) atoms. The van der Waals surface area contributed by atoms with Crippen molar-refractivity contribution in [2.45, 2.75) is 18.9 Å². The van der Waals surface area contributed by atoms with E-state index in [4.69, 9.17) is 10.5 Å². The minimum absolute atomic E-state index is 0.385. The molecule has 1 unspecified atom stereocenters. The molecule has 0 spiro atoms. The predicted octanol–water partition coefficient (Wildman–Crippen LogP) is 0.366. The molecule has 0 saturated carbocycles. The molecule has 2 N–H and O–H groups in total. The van der Waals surface area contributed by atoms with Gasteiger partial charge in [-0.3, -0.25) is 4.90 Å². The average molecular weight is 182 g/mol. The molecule has 2 rings (SSSR count). The van der Waals surface area contributed by atoms with Crippen LogP contribution in [-0.4, -0.2) is 43.8 Å². The molecule has 74 valence electrons. The van der Waals surface area contributed by atoms with Gasteiger partial charge in [-0.25, -0.2) is 0 Å². The van der Waals surface area contributed by atoms with Gasteiger partial charge in [-0.15, -0.1) is 0 Å². The van der Waals surface area contributed by atoms with Crippen molar-refractivity contribution in [3.8, 4) is 0 Å². The molecule has 3 nitrogen and oxygen atoms in total. The summed E-state index contributed by atoms with van der Waals surface area (Å²) in [7, 11) is 0. The van der Waals surface area contributed by atoms with E-state index in [1.807, 2.05) is 0 Å². The lowest BCUT2D eigenvalue weighted by molar-refractivity contribution is 0.0420. The summed E-state index contributed by atoms with van der Waals surface area (Å²) >= 11 is 0. The highest BCUT2D eigenvalue weighted by Crippen LogP contribution is 2.18. The highest BCUT2D eigenvalue weighted by atomic mass is 16.5. The molecule has 0 aromatic heterocycles. The zero-order chi connectivity index (χ0) is 9.10. The molecule has 1 heterocycles. The van der Waals surface area contributed by atoms with Gasteiger partial charge in [0.2, 0.25) is 0 Å². The molecule has 0 amide bonds. The Hall–Kier alpha value is -0.380. The quantitative estimate of drug-likeness (QED) is 0.627. The van der Waals surface area contributed by atoms with Gasteiger partial charge in [-0.05, 0) is 12.8 Å². The van der Waals surface area contributed by atoms with Crippen LogP contribution in [0.15, 0.2) is 11.6 Å². The van der Waals surface area contributed by atoms with Crippen molar-refractivity contribution in [2.24, 2.45) is 5.73 Å². The van der Waals surface area contributed by atoms with Crippen LogP contribution in [0, 0.1) is 0 Å². The van der Waals surface area contributed by atoms with Crippen LogP contribution in [0.3, 0.4) is 0 Å². The number of hydrogen-bond acceptors (Lipinski definition) is 3. The van der Waals surface area contributed by atoms with Gasteiger partial charge in [0.1, 0.15) is 0 Å². The van der Waals surface area contributed by atoms with Crippen molar-refractivity contribution in [2.75, 3.05) is 32.8 Å². The molecule has 1 atom stereocenters. The molecule has 1 saturated heterocycles. The number of nitrogens with two attached hydrogens (primary N) is 1. The van der Waals surface area contributed by atoms with Crippen LogP contribution in [0.5, 0.6) is 0 Å². The Morgan fingerprint density at radius 1 is 1.46 bits per heavy atom. The maximum absolute atomic E-state index is 5.83. The Morgan fingerprint density at radius 3 is 2.85 bits per heavy atom. The van der Waals surface area contributed by atoms with Crippen molar-refractivity contribution < 1.29 is 4.74 Å². The van der Waals surface area contributed by atoms with E-state index in [9.17, 15) is 0 Å². The summed E-state index contributed by atoms with van der Waals surface area (Å²) in [5.41, 5.74) is 7.36. The number of hydrogen-bond donors (Lipinski definition) is 1. The van der Waals surface area contributed by atoms with E-state index in [0.717, 1.165) is 45.7 Å². The van der Waals surface area contributed by atoms with Crippen molar-refractivity contribution in [1.82, 2.24) is 4.90 Å². The van der Waals surface area contributed by atoms with Crippen LogP contribution < -0.4 is 5.73 Å². The lowest BCUT2D eigenvalue weighted by Crippen LogP contribution is -2.37. The fourth-order valence-electron chi connectivity index (χ4n) is 2.00. The molecule has 0 aromatic rings. The lowest BCUT2D eigenvalue weighted by atomic mass is 10.2. The number of ether oxygens (including phenoxy) is 1. The van der Waals surface area contributed by atoms with E-state index >= 15 is 0 Å². The van der Waals surface area contributed by atoms with Gasteiger partial charge in [0.05, 0.1) is 13.2 Å². The fourth-order valence-corrected chi connectivity index (χ4v) is 2.00. The highest BCUT2D eigenvalue weighted by Gasteiger charge is 2.17. The van der Waals surface area contributed by atoms with Crippen LogP contribution >= 0.6 is 0 Å². The number of rotatable bonds is 2. The topological polar surface area (TPSA) is 38.5 Å². The Bertz CT molecular complexity index is 197. The molecule has 1 fully saturated rings. The van der Waals surface area contributed by atoms with Gasteiger partial charge in [0.15, 0.2) is 0 Å². The maximum atomic E-state index is 5.83. The first kappa shape index (κ1) is 9.19. The minimum Gasteiger partial charge on any atom is -0.379 e. The summed E-state index contributed by atoms with van der Waals surface area (Å²) in [4.78, 5) is 2.45.